The first-order chi connectivity index (χ1) is 12.7. The second-order valence-corrected chi connectivity index (χ2v) is 6.17. The Morgan fingerprint density at radius 1 is 1.23 bits per heavy atom. The third-order valence-electron chi connectivity index (χ3n) is 4.17. The number of nitrogens with one attached hydrogen (secondary N) is 2. The van der Waals surface area contributed by atoms with Crippen molar-refractivity contribution in [2.24, 2.45) is 0 Å². The molecule has 3 heterocycles. The van der Waals surface area contributed by atoms with Crippen LogP contribution < -0.4 is 10.6 Å². The molecule has 1 aliphatic rings. The molecule has 1 saturated carbocycles. The molecule has 0 atom stereocenters. The fraction of sp³-hybridized carbons (Fsp3) is 0.278. The monoisotopic (exact) mass is 349 g/mol. The van der Waals surface area contributed by atoms with E-state index in [0.717, 1.165) is 25.1 Å². The number of hydrogen-bond donors (Lipinski definition) is 2. The van der Waals surface area contributed by atoms with Gasteiger partial charge >= 0.3 is 0 Å². The van der Waals surface area contributed by atoms with Crippen molar-refractivity contribution in [3.05, 3.63) is 54.5 Å². The van der Waals surface area contributed by atoms with Crippen LogP contribution in [-0.4, -0.2) is 30.6 Å². The third-order valence-corrected chi connectivity index (χ3v) is 4.17. The van der Waals surface area contributed by atoms with Gasteiger partial charge in [-0.1, -0.05) is 0 Å². The molecule has 0 radical (unpaired) electrons. The predicted molar refractivity (Wildman–Crippen MR) is 97.4 cm³/mol. The smallest absolute Gasteiger partial charge is 0.277 e. The Morgan fingerprint density at radius 3 is 2.73 bits per heavy atom. The van der Waals surface area contributed by atoms with Crippen LogP contribution in [0.4, 0.5) is 17.2 Å². The lowest BCUT2D eigenvalue weighted by Gasteiger charge is -2.12. The molecule has 0 spiro atoms. The van der Waals surface area contributed by atoms with Crippen molar-refractivity contribution in [2.75, 3.05) is 10.6 Å². The molecule has 26 heavy (non-hydrogen) atoms. The fourth-order valence-electron chi connectivity index (χ4n) is 2.65. The van der Waals surface area contributed by atoms with E-state index in [1.54, 1.807) is 23.1 Å². The van der Waals surface area contributed by atoms with Crippen molar-refractivity contribution in [1.29, 1.82) is 0 Å². The summed E-state index contributed by atoms with van der Waals surface area (Å²) in [5, 5.41) is 10.3. The van der Waals surface area contributed by atoms with Gasteiger partial charge in [0.15, 0.2) is 11.5 Å². The Hall–Kier alpha value is -3.29. The molecule has 3 aromatic rings. The molecule has 8 heteroatoms. The van der Waals surface area contributed by atoms with E-state index in [9.17, 15) is 4.79 Å². The number of amides is 1. The molecule has 8 nitrogen and oxygen atoms in total. The molecule has 1 aliphatic carbocycles. The molecule has 0 aliphatic heterocycles. The van der Waals surface area contributed by atoms with Crippen molar-refractivity contribution in [3.8, 4) is 0 Å². The highest BCUT2D eigenvalue weighted by Gasteiger charge is 2.27. The van der Waals surface area contributed by atoms with Crippen LogP contribution in [0, 0.1) is 0 Å². The van der Waals surface area contributed by atoms with E-state index in [4.69, 9.17) is 0 Å². The van der Waals surface area contributed by atoms with Gasteiger partial charge in [0.1, 0.15) is 6.33 Å². The number of carbonyl (C=O) groups excluding carboxylic acids is 1. The molecule has 3 aromatic heterocycles. The number of aryl methyl sites for hydroxylation is 1. The molecule has 2 N–H and O–H groups in total. The van der Waals surface area contributed by atoms with Crippen molar-refractivity contribution in [1.82, 2.24) is 24.7 Å². The first kappa shape index (κ1) is 16.2. The lowest BCUT2D eigenvalue weighted by atomic mass is 10.2. The van der Waals surface area contributed by atoms with Crippen LogP contribution in [0.5, 0.6) is 0 Å². The molecule has 132 valence electrons. The summed E-state index contributed by atoms with van der Waals surface area (Å²) in [5.74, 6) is 0.660. The molecule has 0 bridgehead atoms. The quantitative estimate of drug-likeness (QED) is 0.710. The van der Waals surface area contributed by atoms with E-state index in [0.29, 0.717) is 28.8 Å². The minimum absolute atomic E-state index is 0.298. The Balaban J connectivity index is 1.62. The second-order valence-electron chi connectivity index (χ2n) is 6.17. The van der Waals surface area contributed by atoms with Gasteiger partial charge in [0, 0.05) is 30.4 Å². The van der Waals surface area contributed by atoms with Crippen LogP contribution in [0.3, 0.4) is 0 Å². The maximum Gasteiger partial charge on any atom is 0.277 e. The van der Waals surface area contributed by atoms with E-state index < -0.39 is 0 Å². The number of anilines is 3. The molecular formula is C18H19N7O. The topological polar surface area (TPSA) is 97.6 Å². The zero-order valence-electron chi connectivity index (χ0n) is 14.4. The van der Waals surface area contributed by atoms with Gasteiger partial charge < -0.3 is 10.6 Å². The second kappa shape index (κ2) is 6.91. The average molecular weight is 349 g/mol. The Bertz CT molecular complexity index is 918. The highest BCUT2D eigenvalue weighted by atomic mass is 16.2. The van der Waals surface area contributed by atoms with Crippen LogP contribution in [0.2, 0.25) is 0 Å². The van der Waals surface area contributed by atoms with E-state index >= 15 is 0 Å². The number of pyridine rings is 1. The molecule has 1 amide bonds. The summed E-state index contributed by atoms with van der Waals surface area (Å²) in [7, 11) is 0. The van der Waals surface area contributed by atoms with Gasteiger partial charge in [-0.25, -0.2) is 15.0 Å². The van der Waals surface area contributed by atoms with Crippen LogP contribution >= 0.6 is 0 Å². The van der Waals surface area contributed by atoms with Crippen molar-refractivity contribution in [3.63, 3.8) is 0 Å². The Kier molecular flexibility index (Phi) is 4.30. The molecule has 1 fully saturated rings. The molecule has 0 unspecified atom stereocenters. The summed E-state index contributed by atoms with van der Waals surface area (Å²) in [6.07, 6.45) is 8.81. The summed E-state index contributed by atoms with van der Waals surface area (Å²) in [5.41, 5.74) is 2.59. The van der Waals surface area contributed by atoms with Crippen molar-refractivity contribution >= 4 is 23.1 Å². The zero-order valence-corrected chi connectivity index (χ0v) is 14.4. The fourth-order valence-corrected chi connectivity index (χ4v) is 2.65. The first-order valence-corrected chi connectivity index (χ1v) is 8.60. The maximum atomic E-state index is 12.8. The minimum atomic E-state index is -0.298. The predicted octanol–water partition coefficient (Wildman–Crippen LogP) is 2.96. The van der Waals surface area contributed by atoms with E-state index in [-0.39, 0.29) is 5.91 Å². The summed E-state index contributed by atoms with van der Waals surface area (Å²) in [4.78, 5) is 25.4. The Morgan fingerprint density at radius 2 is 2.04 bits per heavy atom. The highest BCUT2D eigenvalue weighted by Crippen LogP contribution is 2.39. The van der Waals surface area contributed by atoms with Crippen molar-refractivity contribution < 1.29 is 4.79 Å². The molecular weight excluding hydrogens is 330 g/mol. The number of aromatic nitrogens is 5. The molecule has 0 saturated heterocycles. The lowest BCUT2D eigenvalue weighted by molar-refractivity contribution is 0.102. The molecule has 4 rings (SSSR count). The summed E-state index contributed by atoms with van der Waals surface area (Å²) < 4.78 is 1.75. The Labute approximate surface area is 150 Å². The number of nitrogens with zero attached hydrogens (tertiary/aromatic N) is 5. The van der Waals surface area contributed by atoms with Crippen LogP contribution in [0.25, 0.3) is 0 Å². The van der Waals surface area contributed by atoms with Crippen LogP contribution in [0.1, 0.15) is 41.9 Å². The van der Waals surface area contributed by atoms with Gasteiger partial charge in [0.25, 0.3) is 5.91 Å². The number of hydrogen-bond acceptors (Lipinski definition) is 6. The van der Waals surface area contributed by atoms with E-state index in [1.807, 2.05) is 25.3 Å². The summed E-state index contributed by atoms with van der Waals surface area (Å²) >= 11 is 0. The van der Waals surface area contributed by atoms with Crippen LogP contribution in [0.15, 0.2) is 43.1 Å². The lowest BCUT2D eigenvalue weighted by Crippen LogP contribution is -2.17. The molecule has 0 aromatic carbocycles. The SMILES string of the molecule is CCn1ccc(NC(=O)c2nc(C3CC3)ccc2Nc2cncnc2)n1. The normalized spacial score (nSPS) is 13.4. The third kappa shape index (κ3) is 3.53. The minimum Gasteiger partial charge on any atom is -0.351 e. The van der Waals surface area contributed by atoms with Gasteiger partial charge in [-0.15, -0.1) is 0 Å². The average Bonchev–Trinajstić information content (AvgIpc) is 3.42. The largest absolute Gasteiger partial charge is 0.351 e. The standard InChI is InChI=1S/C18H19N7O/c1-2-25-8-7-16(24-25)23-18(26)17-15(21-13-9-19-11-20-10-13)6-5-14(22-17)12-3-4-12/h5-12,21H,2-4H2,1H3,(H,23,24,26). The van der Waals surface area contributed by atoms with E-state index in [1.165, 1.54) is 6.33 Å². The zero-order chi connectivity index (χ0) is 17.9. The highest BCUT2D eigenvalue weighted by molar-refractivity contribution is 6.06. The summed E-state index contributed by atoms with van der Waals surface area (Å²) in [6.45, 7) is 2.73. The van der Waals surface area contributed by atoms with Crippen LogP contribution in [-0.2, 0) is 6.54 Å². The summed E-state index contributed by atoms with van der Waals surface area (Å²) in [6, 6.07) is 5.61. The van der Waals surface area contributed by atoms with E-state index in [2.05, 4.69) is 30.7 Å². The van der Waals surface area contributed by atoms with Gasteiger partial charge in [-0.05, 0) is 31.9 Å². The maximum absolute atomic E-state index is 12.8. The number of carbonyl (C=O) groups is 1. The first-order valence-electron chi connectivity index (χ1n) is 8.60. The number of rotatable bonds is 6. The van der Waals surface area contributed by atoms with Gasteiger partial charge in [0.05, 0.1) is 23.8 Å². The van der Waals surface area contributed by atoms with Crippen molar-refractivity contribution in [2.45, 2.75) is 32.2 Å². The van der Waals surface area contributed by atoms with Gasteiger partial charge in [0.2, 0.25) is 0 Å². The van der Waals surface area contributed by atoms with Gasteiger partial charge in [-0.3, -0.25) is 9.48 Å². The van der Waals surface area contributed by atoms with Gasteiger partial charge in [-0.2, -0.15) is 5.10 Å².